The Balaban J connectivity index is 1.01. The molecule has 0 aromatic heterocycles. The van der Waals surface area contributed by atoms with Crippen molar-refractivity contribution < 1.29 is 17.9 Å². The van der Waals surface area contributed by atoms with Crippen molar-refractivity contribution in [3.8, 4) is 0 Å². The Morgan fingerprint density at radius 3 is 2.06 bits per heavy atom. The van der Waals surface area contributed by atoms with Gasteiger partial charge < -0.3 is 24.8 Å². The fourth-order valence-electron chi connectivity index (χ4n) is 9.47. The summed E-state index contributed by atoms with van der Waals surface area (Å²) in [5.74, 6) is 1.43. The van der Waals surface area contributed by atoms with Crippen LogP contribution in [0.5, 0.6) is 0 Å². The van der Waals surface area contributed by atoms with E-state index < -0.39 is 9.84 Å². The number of hydrogen-bond donors (Lipinski definition) is 1. The minimum absolute atomic E-state index is 0.0553. The van der Waals surface area contributed by atoms with Gasteiger partial charge in [0.25, 0.3) is 0 Å². The highest BCUT2D eigenvalue weighted by Gasteiger charge is 2.53. The van der Waals surface area contributed by atoms with Crippen LogP contribution >= 0.6 is 0 Å². The molecule has 1 amide bonds. The van der Waals surface area contributed by atoms with Crippen LogP contribution in [-0.4, -0.2) is 89.8 Å². The van der Waals surface area contributed by atoms with E-state index in [1.807, 2.05) is 18.2 Å². The van der Waals surface area contributed by atoms with Crippen molar-refractivity contribution in [1.82, 2.24) is 15.1 Å². The fourth-order valence-corrected chi connectivity index (χ4v) is 10.7. The van der Waals surface area contributed by atoms with Gasteiger partial charge in [0.05, 0.1) is 9.79 Å². The SMILES string of the molecule is CNC(=O)O[C@@H]1CCC[C@H]1C(CN1CCCC1)(c1ccccc1)C1CCN(CC2CN(c3ccc(S(=O)(=O)c4ccccc4)cc3)C2)CC1. The first kappa shape index (κ1) is 34.1. The molecule has 1 unspecified atom stereocenters. The van der Waals surface area contributed by atoms with Gasteiger partial charge >= 0.3 is 6.09 Å². The van der Waals surface area contributed by atoms with E-state index in [1.165, 1.54) is 18.4 Å². The molecule has 4 aliphatic rings. The van der Waals surface area contributed by atoms with Crippen molar-refractivity contribution in [3.63, 3.8) is 0 Å². The number of sulfone groups is 1. The largest absolute Gasteiger partial charge is 0.446 e. The maximum absolute atomic E-state index is 13.0. The van der Waals surface area contributed by atoms with Crippen LogP contribution in [0, 0.1) is 17.8 Å². The summed E-state index contributed by atoms with van der Waals surface area (Å²) in [5.41, 5.74) is 2.46. The summed E-state index contributed by atoms with van der Waals surface area (Å²) in [5, 5.41) is 2.71. The van der Waals surface area contributed by atoms with Crippen molar-refractivity contribution >= 4 is 21.6 Å². The van der Waals surface area contributed by atoms with Crippen molar-refractivity contribution in [3.05, 3.63) is 90.5 Å². The predicted octanol–water partition coefficient (Wildman–Crippen LogP) is 6.23. The summed E-state index contributed by atoms with van der Waals surface area (Å²) in [6.07, 6.45) is 7.61. The average molecular weight is 685 g/mol. The number of hydrogen-bond acceptors (Lipinski definition) is 7. The van der Waals surface area contributed by atoms with Crippen LogP contribution in [0.15, 0.2) is 94.7 Å². The zero-order valence-corrected chi connectivity index (χ0v) is 29.7. The van der Waals surface area contributed by atoms with Crippen LogP contribution in [0.3, 0.4) is 0 Å². The molecule has 262 valence electrons. The maximum atomic E-state index is 13.0. The number of piperidine rings is 1. The average Bonchev–Trinajstić information content (AvgIpc) is 3.82. The molecule has 1 saturated carbocycles. The van der Waals surface area contributed by atoms with Gasteiger partial charge in [-0.3, -0.25) is 0 Å². The molecule has 9 heteroatoms. The molecule has 3 aromatic rings. The summed E-state index contributed by atoms with van der Waals surface area (Å²) >= 11 is 0. The smallest absolute Gasteiger partial charge is 0.407 e. The highest BCUT2D eigenvalue weighted by Crippen LogP contribution is 2.52. The number of nitrogens with zero attached hydrogens (tertiary/aromatic N) is 3. The van der Waals surface area contributed by atoms with Crippen molar-refractivity contribution in [2.75, 3.05) is 64.3 Å². The second-order valence-electron chi connectivity index (χ2n) is 14.8. The Morgan fingerprint density at radius 1 is 0.776 bits per heavy atom. The minimum Gasteiger partial charge on any atom is -0.446 e. The molecule has 0 spiro atoms. The lowest BCUT2D eigenvalue weighted by Crippen LogP contribution is -2.57. The van der Waals surface area contributed by atoms with Crippen LogP contribution in [0.2, 0.25) is 0 Å². The van der Waals surface area contributed by atoms with Gasteiger partial charge in [-0.2, -0.15) is 0 Å². The Labute approximate surface area is 292 Å². The van der Waals surface area contributed by atoms with E-state index >= 15 is 0 Å². The quantitative estimate of drug-likeness (QED) is 0.257. The number of rotatable bonds is 11. The topological polar surface area (TPSA) is 82.2 Å². The van der Waals surface area contributed by atoms with E-state index in [0.29, 0.717) is 27.5 Å². The van der Waals surface area contributed by atoms with E-state index in [9.17, 15) is 13.2 Å². The Hall–Kier alpha value is -3.40. The molecule has 7 rings (SSSR count). The normalized spacial score (nSPS) is 24.0. The van der Waals surface area contributed by atoms with Gasteiger partial charge in [0, 0.05) is 56.2 Å². The third kappa shape index (κ3) is 7.12. The summed E-state index contributed by atoms with van der Waals surface area (Å²) in [4.78, 5) is 20.9. The van der Waals surface area contributed by atoms with Gasteiger partial charge in [-0.1, -0.05) is 48.5 Å². The predicted molar refractivity (Wildman–Crippen MR) is 194 cm³/mol. The minimum atomic E-state index is -3.51. The number of ether oxygens (including phenoxy) is 1. The van der Waals surface area contributed by atoms with E-state index in [2.05, 4.69) is 50.3 Å². The molecule has 3 aromatic carbocycles. The van der Waals surface area contributed by atoms with E-state index in [1.54, 1.807) is 43.4 Å². The van der Waals surface area contributed by atoms with Crippen molar-refractivity contribution in [2.24, 2.45) is 17.8 Å². The van der Waals surface area contributed by atoms with Gasteiger partial charge in [-0.15, -0.1) is 0 Å². The molecular weight excluding hydrogens is 633 g/mol. The van der Waals surface area contributed by atoms with Crippen LogP contribution in [0.4, 0.5) is 10.5 Å². The number of nitrogens with one attached hydrogen (secondary N) is 1. The summed E-state index contributed by atoms with van der Waals surface area (Å²) in [6, 6.07) is 27.3. The number of carbonyl (C=O) groups is 1. The first-order valence-corrected chi connectivity index (χ1v) is 19.9. The Bertz CT molecular complexity index is 1630. The summed E-state index contributed by atoms with van der Waals surface area (Å²) in [7, 11) is -1.85. The molecule has 49 heavy (non-hydrogen) atoms. The highest BCUT2D eigenvalue weighted by molar-refractivity contribution is 7.91. The number of alkyl carbamates (subject to hydrolysis) is 1. The van der Waals surface area contributed by atoms with Crippen LogP contribution in [-0.2, 0) is 20.0 Å². The molecule has 4 fully saturated rings. The standard InChI is InChI=1S/C40H52N4O4S/c1-41-39(45)48-38-16-10-15-37(38)40(30-43-23-8-9-24-43,32-11-4-2-5-12-32)33-21-25-42(26-22-33)27-31-28-44(29-31)34-17-19-36(20-18-34)49(46,47)35-13-6-3-7-14-35/h2-7,11-14,17-20,31,33,37-38H,8-10,15-16,21-30H2,1H3,(H,41,45)/t37-,38-,40?/m1/s1. The van der Waals surface area contributed by atoms with Crippen LogP contribution in [0.1, 0.15) is 50.5 Å². The van der Waals surface area contributed by atoms with Gasteiger partial charge in [0.1, 0.15) is 6.10 Å². The Kier molecular flexibility index (Phi) is 10.3. The van der Waals surface area contributed by atoms with E-state index in [-0.39, 0.29) is 17.6 Å². The second kappa shape index (κ2) is 14.8. The second-order valence-corrected chi connectivity index (χ2v) is 16.7. The molecule has 0 bridgehead atoms. The highest BCUT2D eigenvalue weighted by atomic mass is 32.2. The molecule has 3 heterocycles. The Morgan fingerprint density at radius 2 is 1.41 bits per heavy atom. The van der Waals surface area contributed by atoms with E-state index in [0.717, 1.165) is 90.1 Å². The molecule has 8 nitrogen and oxygen atoms in total. The first-order chi connectivity index (χ1) is 23.9. The maximum Gasteiger partial charge on any atom is 0.407 e. The summed E-state index contributed by atoms with van der Waals surface area (Å²) in [6.45, 7) is 8.63. The van der Waals surface area contributed by atoms with Crippen molar-refractivity contribution in [1.29, 1.82) is 0 Å². The lowest BCUT2D eigenvalue weighted by molar-refractivity contribution is -0.00374. The number of carbonyl (C=O) groups excluding carboxylic acids is 1. The molecule has 3 atom stereocenters. The monoisotopic (exact) mass is 684 g/mol. The van der Waals surface area contributed by atoms with Gasteiger partial charge in [0.15, 0.2) is 0 Å². The third-order valence-corrected chi connectivity index (χ3v) is 13.7. The molecule has 0 radical (unpaired) electrons. The molecule has 1 aliphatic carbocycles. The third-order valence-electron chi connectivity index (χ3n) is 11.9. The van der Waals surface area contributed by atoms with Gasteiger partial charge in [0.2, 0.25) is 9.84 Å². The number of likely N-dealkylation sites (tertiary alicyclic amines) is 2. The molecule has 3 saturated heterocycles. The van der Waals surface area contributed by atoms with E-state index in [4.69, 9.17) is 4.74 Å². The lowest BCUT2D eigenvalue weighted by Gasteiger charge is -2.52. The molecule has 1 N–H and O–H groups in total. The van der Waals surface area contributed by atoms with Crippen LogP contribution in [0.25, 0.3) is 0 Å². The van der Waals surface area contributed by atoms with Gasteiger partial charge in [-0.25, -0.2) is 13.2 Å². The molecule has 3 aliphatic heterocycles. The zero-order chi connectivity index (χ0) is 33.8. The van der Waals surface area contributed by atoms with Crippen LogP contribution < -0.4 is 10.2 Å². The summed E-state index contributed by atoms with van der Waals surface area (Å²) < 4.78 is 32.2. The molecular formula is C40H52N4O4S. The number of benzene rings is 3. The zero-order valence-electron chi connectivity index (χ0n) is 28.9. The number of amides is 1. The lowest BCUT2D eigenvalue weighted by atomic mass is 9.58. The number of anilines is 1. The first-order valence-electron chi connectivity index (χ1n) is 18.4. The van der Waals surface area contributed by atoms with Crippen molar-refractivity contribution in [2.45, 2.75) is 66.3 Å². The van der Waals surface area contributed by atoms with Gasteiger partial charge in [-0.05, 0) is 119 Å². The fraction of sp³-hybridized carbons (Fsp3) is 0.525.